The fourth-order valence-electron chi connectivity index (χ4n) is 2.83. The van der Waals surface area contributed by atoms with Gasteiger partial charge in [-0.3, -0.25) is 4.79 Å². The summed E-state index contributed by atoms with van der Waals surface area (Å²) in [6, 6.07) is 10.2. The van der Waals surface area contributed by atoms with E-state index in [1.165, 1.54) is 32.7 Å². The number of amides is 1. The van der Waals surface area contributed by atoms with Crippen LogP contribution >= 0.6 is 11.3 Å². The molecule has 28 heavy (non-hydrogen) atoms. The number of aromatic nitrogens is 1. The van der Waals surface area contributed by atoms with E-state index in [0.717, 1.165) is 10.2 Å². The van der Waals surface area contributed by atoms with Crippen LogP contribution in [0.15, 0.2) is 41.4 Å². The molecule has 0 saturated carbocycles. The Hall–Kier alpha value is -3.13. The Labute approximate surface area is 165 Å². The highest BCUT2D eigenvalue weighted by Gasteiger charge is 2.13. The van der Waals surface area contributed by atoms with Crippen molar-refractivity contribution < 1.29 is 23.8 Å². The van der Waals surface area contributed by atoms with Crippen molar-refractivity contribution in [2.45, 2.75) is 13.5 Å². The summed E-state index contributed by atoms with van der Waals surface area (Å²) in [6.07, 6.45) is 0. The maximum Gasteiger partial charge on any atom is 0.337 e. The molecule has 3 rings (SSSR count). The highest BCUT2D eigenvalue weighted by atomic mass is 32.1. The second-order valence-electron chi connectivity index (χ2n) is 5.79. The molecule has 2 aromatic carbocycles. The van der Waals surface area contributed by atoms with E-state index in [9.17, 15) is 9.59 Å². The Morgan fingerprint density at radius 2 is 1.71 bits per heavy atom. The van der Waals surface area contributed by atoms with Gasteiger partial charge in [0.15, 0.2) is 16.3 Å². The van der Waals surface area contributed by atoms with Gasteiger partial charge in [0.2, 0.25) is 0 Å². The quantitative estimate of drug-likeness (QED) is 0.614. The van der Waals surface area contributed by atoms with Crippen LogP contribution < -0.4 is 14.3 Å². The SMILES string of the molecule is CCn1c(=NC(=O)c2ccc(OC)c(OC)c2)sc2cc(C(=O)OC)ccc21. The third-order valence-corrected chi connectivity index (χ3v) is 5.29. The summed E-state index contributed by atoms with van der Waals surface area (Å²) in [6.45, 7) is 2.61. The molecule has 0 saturated heterocycles. The minimum absolute atomic E-state index is 0.386. The number of ether oxygens (including phenoxy) is 3. The van der Waals surface area contributed by atoms with E-state index in [0.29, 0.717) is 34.0 Å². The van der Waals surface area contributed by atoms with Gasteiger partial charge in [-0.2, -0.15) is 4.99 Å². The normalized spacial score (nSPS) is 11.5. The lowest BCUT2D eigenvalue weighted by atomic mass is 10.2. The first-order chi connectivity index (χ1) is 13.5. The number of hydrogen-bond acceptors (Lipinski definition) is 6. The minimum Gasteiger partial charge on any atom is -0.493 e. The molecule has 146 valence electrons. The first-order valence-corrected chi connectivity index (χ1v) is 9.36. The number of carbonyl (C=O) groups is 2. The second-order valence-corrected chi connectivity index (χ2v) is 6.80. The Bertz CT molecular complexity index is 1110. The zero-order valence-electron chi connectivity index (χ0n) is 16.0. The third-order valence-electron chi connectivity index (χ3n) is 4.25. The molecule has 0 bridgehead atoms. The summed E-state index contributed by atoms with van der Waals surface area (Å²) in [5.74, 6) is 0.215. The average Bonchev–Trinajstić information content (AvgIpc) is 3.08. The van der Waals surface area contributed by atoms with Crippen LogP contribution in [0.5, 0.6) is 11.5 Å². The van der Waals surface area contributed by atoms with E-state index in [1.54, 1.807) is 30.3 Å². The third kappa shape index (κ3) is 3.63. The molecular weight excluding hydrogens is 380 g/mol. The monoisotopic (exact) mass is 400 g/mol. The number of fused-ring (bicyclic) bond motifs is 1. The van der Waals surface area contributed by atoms with Crippen molar-refractivity contribution in [2.24, 2.45) is 4.99 Å². The van der Waals surface area contributed by atoms with Gasteiger partial charge in [0.05, 0.1) is 37.1 Å². The molecule has 0 aliphatic carbocycles. The predicted molar refractivity (Wildman–Crippen MR) is 106 cm³/mol. The van der Waals surface area contributed by atoms with Gasteiger partial charge in [0.1, 0.15) is 0 Å². The number of esters is 1. The van der Waals surface area contributed by atoms with Crippen LogP contribution in [0, 0.1) is 0 Å². The zero-order valence-corrected chi connectivity index (χ0v) is 16.8. The highest BCUT2D eigenvalue weighted by Crippen LogP contribution is 2.28. The zero-order chi connectivity index (χ0) is 20.3. The van der Waals surface area contributed by atoms with Crippen molar-refractivity contribution in [1.29, 1.82) is 0 Å². The van der Waals surface area contributed by atoms with Crippen LogP contribution in [-0.4, -0.2) is 37.8 Å². The van der Waals surface area contributed by atoms with Gasteiger partial charge in [-0.25, -0.2) is 4.79 Å². The van der Waals surface area contributed by atoms with Crippen molar-refractivity contribution in [3.05, 3.63) is 52.3 Å². The lowest BCUT2D eigenvalue weighted by Gasteiger charge is -2.07. The van der Waals surface area contributed by atoms with Gasteiger partial charge < -0.3 is 18.8 Å². The number of nitrogens with zero attached hydrogens (tertiary/aromatic N) is 2. The van der Waals surface area contributed by atoms with Crippen molar-refractivity contribution in [1.82, 2.24) is 4.57 Å². The predicted octanol–water partition coefficient (Wildman–Crippen LogP) is 3.27. The van der Waals surface area contributed by atoms with Crippen molar-refractivity contribution in [3.63, 3.8) is 0 Å². The van der Waals surface area contributed by atoms with Gasteiger partial charge in [0.25, 0.3) is 5.91 Å². The van der Waals surface area contributed by atoms with Gasteiger partial charge in [-0.15, -0.1) is 0 Å². The van der Waals surface area contributed by atoms with E-state index in [-0.39, 0.29) is 5.91 Å². The van der Waals surface area contributed by atoms with Gasteiger partial charge in [-0.1, -0.05) is 11.3 Å². The van der Waals surface area contributed by atoms with Crippen molar-refractivity contribution >= 4 is 33.4 Å². The van der Waals surface area contributed by atoms with Crippen LogP contribution in [0.25, 0.3) is 10.2 Å². The summed E-state index contributed by atoms with van der Waals surface area (Å²) < 4.78 is 18.0. The molecule has 0 unspecified atom stereocenters. The highest BCUT2D eigenvalue weighted by molar-refractivity contribution is 7.16. The molecule has 0 radical (unpaired) electrons. The number of thiazole rings is 1. The average molecular weight is 400 g/mol. The summed E-state index contributed by atoms with van der Waals surface area (Å²) in [4.78, 5) is 29.3. The number of methoxy groups -OCH3 is 3. The van der Waals surface area contributed by atoms with Crippen LogP contribution in [-0.2, 0) is 11.3 Å². The Kier molecular flexibility index (Phi) is 5.79. The fourth-order valence-corrected chi connectivity index (χ4v) is 3.96. The lowest BCUT2D eigenvalue weighted by molar-refractivity contribution is 0.0601. The van der Waals surface area contributed by atoms with E-state index >= 15 is 0 Å². The van der Waals surface area contributed by atoms with Crippen molar-refractivity contribution in [3.8, 4) is 11.5 Å². The van der Waals surface area contributed by atoms with Crippen LogP contribution in [0.4, 0.5) is 0 Å². The van der Waals surface area contributed by atoms with Gasteiger partial charge in [-0.05, 0) is 43.3 Å². The Morgan fingerprint density at radius 3 is 2.36 bits per heavy atom. The smallest absolute Gasteiger partial charge is 0.337 e. The molecule has 7 nitrogen and oxygen atoms in total. The molecule has 1 heterocycles. The molecule has 0 N–H and O–H groups in total. The standard InChI is InChI=1S/C20H20N2O5S/c1-5-22-14-8-6-13(19(24)27-4)11-17(14)28-20(22)21-18(23)12-7-9-15(25-2)16(10-12)26-3/h6-11H,5H2,1-4H3. The van der Waals surface area contributed by atoms with Crippen LogP contribution in [0.3, 0.4) is 0 Å². The first-order valence-electron chi connectivity index (χ1n) is 8.55. The number of rotatable bonds is 5. The first kappa shape index (κ1) is 19.6. The summed E-state index contributed by atoms with van der Waals surface area (Å²) in [5, 5.41) is 0. The Morgan fingerprint density at radius 1 is 1.00 bits per heavy atom. The molecule has 0 spiro atoms. The summed E-state index contributed by atoms with van der Waals surface area (Å²) in [7, 11) is 4.39. The van der Waals surface area contributed by atoms with E-state index in [2.05, 4.69) is 4.99 Å². The van der Waals surface area contributed by atoms with Crippen molar-refractivity contribution in [2.75, 3.05) is 21.3 Å². The molecular formula is C20H20N2O5S. The second kappa shape index (κ2) is 8.26. The number of hydrogen-bond donors (Lipinski definition) is 0. The maximum atomic E-state index is 12.7. The van der Waals surface area contributed by atoms with E-state index in [4.69, 9.17) is 14.2 Å². The van der Waals surface area contributed by atoms with E-state index in [1.807, 2.05) is 17.6 Å². The van der Waals surface area contributed by atoms with Crippen LogP contribution in [0.1, 0.15) is 27.6 Å². The number of aryl methyl sites for hydroxylation is 1. The van der Waals surface area contributed by atoms with Gasteiger partial charge >= 0.3 is 5.97 Å². The molecule has 1 amide bonds. The maximum absolute atomic E-state index is 12.7. The summed E-state index contributed by atoms with van der Waals surface area (Å²) >= 11 is 1.34. The van der Waals surface area contributed by atoms with Crippen LogP contribution in [0.2, 0.25) is 0 Å². The van der Waals surface area contributed by atoms with Gasteiger partial charge in [0, 0.05) is 12.1 Å². The molecule has 0 aliphatic rings. The lowest BCUT2D eigenvalue weighted by Crippen LogP contribution is -2.16. The largest absolute Gasteiger partial charge is 0.493 e. The van der Waals surface area contributed by atoms with E-state index < -0.39 is 5.97 Å². The molecule has 0 atom stereocenters. The molecule has 3 aromatic rings. The molecule has 1 aromatic heterocycles. The molecule has 0 fully saturated rings. The summed E-state index contributed by atoms with van der Waals surface area (Å²) in [5.41, 5.74) is 1.75. The minimum atomic E-state index is -0.404. The topological polar surface area (TPSA) is 79.1 Å². The molecule has 0 aliphatic heterocycles. The molecule has 8 heteroatoms. The fraction of sp³-hybridized carbons (Fsp3) is 0.250. The Balaban J connectivity index is 2.07. The number of benzene rings is 2. The number of carbonyl (C=O) groups excluding carboxylic acids is 2.